The highest BCUT2D eigenvalue weighted by atomic mass is 32.2. The normalized spacial score (nSPS) is 16.8. The second-order valence-electron chi connectivity index (χ2n) is 8.40. The van der Waals surface area contributed by atoms with Crippen LogP contribution < -0.4 is 5.32 Å². The van der Waals surface area contributed by atoms with Crippen molar-refractivity contribution < 1.29 is 49.5 Å². The molecule has 7 nitrogen and oxygen atoms in total. The zero-order valence-electron chi connectivity index (χ0n) is 19.4. The zero-order chi connectivity index (χ0) is 28.0. The van der Waals surface area contributed by atoms with Crippen molar-refractivity contribution in [1.29, 1.82) is 0 Å². The molecule has 202 valence electrons. The molecular formula is C23H22F6N2O5S. The van der Waals surface area contributed by atoms with Crippen molar-refractivity contribution in [2.45, 2.75) is 49.2 Å². The number of benzene rings is 2. The van der Waals surface area contributed by atoms with Crippen LogP contribution in [0.1, 0.15) is 36.6 Å². The lowest BCUT2D eigenvalue weighted by Gasteiger charge is -2.36. The molecule has 0 saturated carbocycles. The average Bonchev–Trinajstić information content (AvgIpc) is 2.81. The van der Waals surface area contributed by atoms with E-state index in [-0.39, 0.29) is 29.3 Å². The molecule has 1 aliphatic rings. The highest BCUT2D eigenvalue weighted by Gasteiger charge is 2.71. The van der Waals surface area contributed by atoms with Gasteiger partial charge in [-0.15, -0.1) is 0 Å². The van der Waals surface area contributed by atoms with Gasteiger partial charge in [0.1, 0.15) is 6.04 Å². The van der Waals surface area contributed by atoms with E-state index >= 15 is 0 Å². The van der Waals surface area contributed by atoms with Gasteiger partial charge in [0.2, 0.25) is 5.91 Å². The molecule has 14 heteroatoms. The highest BCUT2D eigenvalue weighted by molar-refractivity contribution is 7.91. The number of sulfone groups is 1. The number of anilines is 1. The van der Waals surface area contributed by atoms with Crippen LogP contribution in [0.25, 0.3) is 0 Å². The van der Waals surface area contributed by atoms with Gasteiger partial charge in [-0.2, -0.15) is 26.3 Å². The Morgan fingerprint density at radius 2 is 1.59 bits per heavy atom. The topological polar surface area (TPSA) is 104 Å². The van der Waals surface area contributed by atoms with Gasteiger partial charge in [0.15, 0.2) is 9.84 Å². The lowest BCUT2D eigenvalue weighted by Crippen LogP contribution is -2.53. The summed E-state index contributed by atoms with van der Waals surface area (Å²) in [5.41, 5.74) is -5.98. The Balaban J connectivity index is 1.95. The maximum atomic E-state index is 13.2. The largest absolute Gasteiger partial charge is 0.430 e. The first-order chi connectivity index (χ1) is 16.9. The Bertz CT molecular complexity index is 1290. The number of amides is 2. The quantitative estimate of drug-likeness (QED) is 0.549. The fraction of sp³-hybridized carbons (Fsp3) is 0.391. The molecule has 0 aliphatic carbocycles. The van der Waals surface area contributed by atoms with E-state index < -0.39 is 51.2 Å². The van der Waals surface area contributed by atoms with Gasteiger partial charge < -0.3 is 15.3 Å². The van der Waals surface area contributed by atoms with Gasteiger partial charge in [-0.3, -0.25) is 9.59 Å². The molecule has 1 heterocycles. The van der Waals surface area contributed by atoms with E-state index in [9.17, 15) is 49.5 Å². The minimum absolute atomic E-state index is 0.0431. The first-order valence-electron chi connectivity index (χ1n) is 10.8. The van der Waals surface area contributed by atoms with Gasteiger partial charge in [-0.1, -0.05) is 25.1 Å². The molecule has 37 heavy (non-hydrogen) atoms. The van der Waals surface area contributed by atoms with Crippen LogP contribution in [0.2, 0.25) is 0 Å². The van der Waals surface area contributed by atoms with E-state index in [0.717, 1.165) is 12.1 Å². The molecule has 0 aromatic heterocycles. The van der Waals surface area contributed by atoms with Crippen LogP contribution in [0, 0.1) is 0 Å². The molecule has 1 aliphatic heterocycles. The number of rotatable bonds is 5. The van der Waals surface area contributed by atoms with Crippen LogP contribution in [-0.2, 0) is 31.4 Å². The molecule has 0 bridgehead atoms. The summed E-state index contributed by atoms with van der Waals surface area (Å²) in [7, 11) is -3.55. The van der Waals surface area contributed by atoms with Crippen LogP contribution in [-0.4, -0.2) is 54.9 Å². The second kappa shape index (κ2) is 9.63. The SMILES string of the molecule is CCS(=O)(=O)c1ccc2c(c1)CCN(C(C)=O)C2C(=O)Nc1ccc(C(O)(C(F)(F)F)C(F)(F)F)cc1. The number of nitrogens with one attached hydrogen (secondary N) is 1. The molecule has 0 radical (unpaired) electrons. The number of halogens is 6. The number of alkyl halides is 6. The van der Waals surface area contributed by atoms with E-state index in [4.69, 9.17) is 0 Å². The molecule has 0 saturated heterocycles. The number of fused-ring (bicyclic) bond motifs is 1. The molecule has 0 spiro atoms. The molecule has 2 amide bonds. The molecular weight excluding hydrogens is 530 g/mol. The summed E-state index contributed by atoms with van der Waals surface area (Å²) < 4.78 is 103. The van der Waals surface area contributed by atoms with Gasteiger partial charge in [0.05, 0.1) is 10.6 Å². The summed E-state index contributed by atoms with van der Waals surface area (Å²) in [5, 5.41) is 11.9. The summed E-state index contributed by atoms with van der Waals surface area (Å²) in [4.78, 5) is 26.6. The van der Waals surface area contributed by atoms with E-state index in [0.29, 0.717) is 23.3 Å². The van der Waals surface area contributed by atoms with Crippen LogP contribution in [0.15, 0.2) is 47.4 Å². The third-order valence-corrected chi connectivity index (χ3v) is 7.86. The van der Waals surface area contributed by atoms with Gasteiger partial charge >= 0.3 is 12.4 Å². The Morgan fingerprint density at radius 3 is 2.08 bits per heavy atom. The summed E-state index contributed by atoms with van der Waals surface area (Å²) >= 11 is 0. The Morgan fingerprint density at radius 1 is 1.03 bits per heavy atom. The summed E-state index contributed by atoms with van der Waals surface area (Å²) in [6.45, 7) is 2.75. The summed E-state index contributed by atoms with van der Waals surface area (Å²) in [5.74, 6) is -1.45. The lowest BCUT2D eigenvalue weighted by molar-refractivity contribution is -0.376. The molecule has 0 fully saturated rings. The fourth-order valence-electron chi connectivity index (χ4n) is 4.08. The number of carbonyl (C=O) groups is 2. The molecule has 2 N–H and O–H groups in total. The first kappa shape index (κ1) is 28.4. The Kier molecular flexibility index (Phi) is 7.41. The zero-order valence-corrected chi connectivity index (χ0v) is 20.3. The van der Waals surface area contributed by atoms with Crippen molar-refractivity contribution in [2.24, 2.45) is 0 Å². The number of carbonyl (C=O) groups excluding carboxylic acids is 2. The van der Waals surface area contributed by atoms with Gasteiger partial charge in [0.25, 0.3) is 11.5 Å². The third-order valence-electron chi connectivity index (χ3n) is 6.13. The maximum Gasteiger partial charge on any atom is 0.430 e. The van der Waals surface area contributed by atoms with Crippen molar-refractivity contribution >= 4 is 27.3 Å². The van der Waals surface area contributed by atoms with E-state index in [1.807, 2.05) is 0 Å². The predicted octanol–water partition coefficient (Wildman–Crippen LogP) is 3.88. The minimum Gasteiger partial charge on any atom is -0.369 e. The van der Waals surface area contributed by atoms with Gasteiger partial charge in [-0.05, 0) is 41.8 Å². The van der Waals surface area contributed by atoms with Crippen molar-refractivity contribution in [2.75, 3.05) is 17.6 Å². The minimum atomic E-state index is -6.06. The fourth-order valence-corrected chi connectivity index (χ4v) is 5.01. The van der Waals surface area contributed by atoms with E-state index in [2.05, 4.69) is 5.32 Å². The van der Waals surface area contributed by atoms with E-state index in [1.54, 1.807) is 0 Å². The summed E-state index contributed by atoms with van der Waals surface area (Å²) in [6.07, 6.45) is -11.9. The van der Waals surface area contributed by atoms with Crippen LogP contribution in [0.5, 0.6) is 0 Å². The van der Waals surface area contributed by atoms with Gasteiger partial charge in [0, 0.05) is 24.7 Å². The average molecular weight is 552 g/mol. The van der Waals surface area contributed by atoms with Crippen molar-refractivity contribution in [3.8, 4) is 0 Å². The van der Waals surface area contributed by atoms with Crippen LogP contribution >= 0.6 is 0 Å². The molecule has 2 aromatic rings. The molecule has 1 atom stereocenters. The van der Waals surface area contributed by atoms with Crippen LogP contribution in [0.3, 0.4) is 0 Å². The van der Waals surface area contributed by atoms with Crippen LogP contribution in [0.4, 0.5) is 32.0 Å². The first-order valence-corrected chi connectivity index (χ1v) is 12.5. The summed E-state index contributed by atoms with van der Waals surface area (Å²) in [6, 6.07) is 5.16. The number of hydrogen-bond acceptors (Lipinski definition) is 5. The maximum absolute atomic E-state index is 13.2. The van der Waals surface area contributed by atoms with Crippen molar-refractivity contribution in [1.82, 2.24) is 4.90 Å². The lowest BCUT2D eigenvalue weighted by atomic mass is 9.91. The Labute approximate surface area is 208 Å². The number of nitrogens with zero attached hydrogens (tertiary/aromatic N) is 1. The standard InChI is InChI=1S/C23H22F6N2O5S/c1-3-37(35,36)17-8-9-18-14(12-17)10-11-31(13(2)32)19(18)20(33)30-16-6-4-15(5-7-16)21(34,22(24,25)26)23(27,28)29/h4-9,12,19,34H,3,10-11H2,1-2H3,(H,30,33). The van der Waals surface area contributed by atoms with Crippen molar-refractivity contribution in [3.05, 3.63) is 59.2 Å². The third kappa shape index (κ3) is 5.17. The molecule has 2 aromatic carbocycles. The predicted molar refractivity (Wildman–Crippen MR) is 119 cm³/mol. The second-order valence-corrected chi connectivity index (χ2v) is 10.7. The van der Waals surface area contributed by atoms with Gasteiger partial charge in [-0.25, -0.2) is 8.42 Å². The molecule has 1 unspecified atom stereocenters. The number of hydrogen-bond donors (Lipinski definition) is 2. The number of aliphatic hydroxyl groups is 1. The van der Waals surface area contributed by atoms with Crippen molar-refractivity contribution in [3.63, 3.8) is 0 Å². The Hall–Kier alpha value is -3.13. The smallest absolute Gasteiger partial charge is 0.369 e. The monoisotopic (exact) mass is 552 g/mol. The van der Waals surface area contributed by atoms with E-state index in [1.165, 1.54) is 36.9 Å². The molecule has 3 rings (SSSR count). The highest BCUT2D eigenvalue weighted by Crippen LogP contribution is 2.50.